The summed E-state index contributed by atoms with van der Waals surface area (Å²) in [5.74, 6) is -3.70. The quantitative estimate of drug-likeness (QED) is 0.0244. The number of benzene rings is 2. The Labute approximate surface area is 446 Å². The maximum absolute atomic E-state index is 13.9. The van der Waals surface area contributed by atoms with E-state index in [1.54, 1.807) is 74.6 Å². The maximum Gasteiger partial charge on any atom is 0.321 e. The van der Waals surface area contributed by atoms with Crippen LogP contribution in [0.15, 0.2) is 54.6 Å². The zero-order chi connectivity index (χ0) is 55.7. The van der Waals surface area contributed by atoms with Crippen molar-refractivity contribution in [2.45, 2.75) is 104 Å². The first-order valence-electron chi connectivity index (χ1n) is 25.1. The minimum atomic E-state index is -1.18. The molecule has 9 N–H and O–H groups in total. The van der Waals surface area contributed by atoms with Crippen LogP contribution in [0.1, 0.15) is 105 Å². The lowest BCUT2D eigenvalue weighted by Crippen LogP contribution is -2.35. The number of nitrogens with zero attached hydrogens (tertiary/aromatic N) is 10. The van der Waals surface area contributed by atoms with Crippen molar-refractivity contribution < 1.29 is 48.2 Å². The van der Waals surface area contributed by atoms with E-state index >= 15 is 0 Å². The molecule has 0 aliphatic carbocycles. The Kier molecular flexibility index (Phi) is 18.3. The third-order valence-electron chi connectivity index (χ3n) is 12.8. The van der Waals surface area contributed by atoms with Gasteiger partial charge in [0.1, 0.15) is 28.7 Å². The van der Waals surface area contributed by atoms with Crippen LogP contribution in [0.3, 0.4) is 0 Å². The van der Waals surface area contributed by atoms with Gasteiger partial charge in [0.05, 0.1) is 39.8 Å². The summed E-state index contributed by atoms with van der Waals surface area (Å²) in [6.45, 7) is 9.10. The van der Waals surface area contributed by atoms with Crippen molar-refractivity contribution in [1.29, 1.82) is 0 Å². The summed E-state index contributed by atoms with van der Waals surface area (Å²) in [5, 5.41) is 23.0. The molecule has 25 nitrogen and oxygen atoms in total. The number of aliphatic carboxylic acids is 1. The number of nitrogens with two attached hydrogens (primary N) is 3. The second-order valence-corrected chi connectivity index (χ2v) is 19.6. The van der Waals surface area contributed by atoms with Crippen molar-refractivity contribution in [1.82, 2.24) is 48.5 Å². The van der Waals surface area contributed by atoms with Crippen LogP contribution < -0.4 is 32.6 Å². The number of ether oxygens (including phenoxy) is 1. The van der Waals surface area contributed by atoms with E-state index in [9.17, 15) is 38.4 Å². The Morgan fingerprint density at radius 3 is 2.03 bits per heavy atom. The monoisotopic (exact) mass is 1080 g/mol. The van der Waals surface area contributed by atoms with E-state index in [0.717, 1.165) is 11.8 Å². The van der Waals surface area contributed by atoms with Gasteiger partial charge in [0.2, 0.25) is 41.4 Å². The number of hydrogen-bond acceptors (Lipinski definition) is 15. The normalized spacial score (nSPS) is 14.0. The summed E-state index contributed by atoms with van der Waals surface area (Å²) in [6.07, 6.45) is 5.88. The Hall–Kier alpha value is -8.39. The summed E-state index contributed by atoms with van der Waals surface area (Å²) in [6, 6.07) is 10.0. The number of anilines is 2. The number of amides is 7. The van der Waals surface area contributed by atoms with E-state index in [1.807, 2.05) is 26.0 Å². The van der Waals surface area contributed by atoms with Gasteiger partial charge < -0.3 is 41.1 Å². The number of carboxylic acid groups (broad SMARTS) is 1. The molecule has 2 aromatic carbocycles. The standard InChI is InChI=1S/C51H63N15O10S/c1-6-65-37(22-29(3)59-65)46(71)57-50-55-34-24-31(44(53)69)15-16-36(34)62(50)18-11-12-20-64-43-35(56-51(64)58-47(72)38-23-30(4)60-66(38)7-2)25-32(45(54)70)26-39(43)76-21-13-17-61(5)41(67)14-9-8-10-19-63-42(68)27-40(48(63)73)77-28-33(52)49(74)75/h11-12,15-16,22-26,33,40H,6-10,13-14,17-21,27-28,52H2,1-5H3,(H2,53,69)(H2,54,70)(H,74,75)(H,55,57,71)(H,56,58,72)/b12-11+. The Morgan fingerprint density at radius 1 is 0.818 bits per heavy atom. The van der Waals surface area contributed by atoms with Crippen LogP contribution in [0.4, 0.5) is 11.9 Å². The third-order valence-corrected chi connectivity index (χ3v) is 14.1. The number of aromatic nitrogens is 8. The topological polar surface area (TPSA) is 346 Å². The number of nitrogens with one attached hydrogen (secondary N) is 2. The van der Waals surface area contributed by atoms with Crippen molar-refractivity contribution in [2.24, 2.45) is 17.2 Å². The molecule has 7 amide bonds. The minimum Gasteiger partial charge on any atom is -0.491 e. The van der Waals surface area contributed by atoms with E-state index in [2.05, 4.69) is 25.8 Å². The Morgan fingerprint density at radius 2 is 1.42 bits per heavy atom. The molecule has 1 fully saturated rings. The summed E-state index contributed by atoms with van der Waals surface area (Å²) < 4.78 is 13.0. The molecule has 77 heavy (non-hydrogen) atoms. The average Bonchev–Trinajstić information content (AvgIpc) is 4.21. The molecule has 408 valence electrons. The number of carboxylic acids is 1. The van der Waals surface area contributed by atoms with E-state index in [1.165, 1.54) is 17.0 Å². The number of rotatable bonds is 27. The molecule has 7 rings (SSSR count). The number of imidazole rings is 2. The highest BCUT2D eigenvalue weighted by atomic mass is 32.2. The summed E-state index contributed by atoms with van der Waals surface area (Å²) >= 11 is 1.07. The highest BCUT2D eigenvalue weighted by Crippen LogP contribution is 2.32. The molecule has 1 aliphatic rings. The molecule has 0 saturated carbocycles. The molecular weight excluding hydrogens is 1010 g/mol. The van der Waals surface area contributed by atoms with Gasteiger partial charge in [0.15, 0.2) is 0 Å². The van der Waals surface area contributed by atoms with E-state index in [4.69, 9.17) is 32.0 Å². The van der Waals surface area contributed by atoms with Crippen LogP contribution in [0.25, 0.3) is 22.1 Å². The van der Waals surface area contributed by atoms with Crippen molar-refractivity contribution in [2.75, 3.05) is 43.1 Å². The van der Waals surface area contributed by atoms with Crippen LogP contribution >= 0.6 is 11.8 Å². The van der Waals surface area contributed by atoms with E-state index < -0.39 is 40.9 Å². The van der Waals surface area contributed by atoms with Crippen molar-refractivity contribution in [3.63, 3.8) is 0 Å². The smallest absolute Gasteiger partial charge is 0.321 e. The molecule has 1 saturated heterocycles. The first-order valence-corrected chi connectivity index (χ1v) is 26.1. The van der Waals surface area contributed by atoms with E-state index in [0.29, 0.717) is 90.2 Å². The molecule has 4 aromatic heterocycles. The minimum absolute atomic E-state index is 0.00785. The van der Waals surface area contributed by atoms with Crippen LogP contribution in [0, 0.1) is 13.8 Å². The maximum atomic E-state index is 13.9. The van der Waals surface area contributed by atoms with Crippen LogP contribution in [-0.4, -0.2) is 145 Å². The Balaban J connectivity index is 1.05. The SMILES string of the molecule is CCn1nc(C)cc1C(=O)Nc1nc2cc(C(N)=O)ccc2n1C/C=C/Cn1c(NC(=O)c2cc(C)nn2CC)nc2cc(C(N)=O)cc(OCCCN(C)C(=O)CCCCCN3C(=O)CC(SCC(N)C(=O)O)C3=O)c21. The predicted octanol–water partition coefficient (Wildman–Crippen LogP) is 3.45. The molecule has 1 aliphatic heterocycles. The van der Waals surface area contributed by atoms with Gasteiger partial charge in [-0.1, -0.05) is 18.6 Å². The molecule has 0 bridgehead atoms. The molecule has 2 atom stereocenters. The number of thioether (sulfide) groups is 1. The van der Waals surface area contributed by atoms with Crippen LogP contribution in [-0.2, 0) is 45.4 Å². The number of allylic oxidation sites excluding steroid dienone is 2. The largest absolute Gasteiger partial charge is 0.491 e. The average molecular weight is 1080 g/mol. The molecule has 5 heterocycles. The van der Waals surface area contributed by atoms with E-state index in [-0.39, 0.29) is 91.3 Å². The summed E-state index contributed by atoms with van der Waals surface area (Å²) in [7, 11) is 1.68. The molecule has 26 heteroatoms. The number of carbonyl (C=O) groups excluding carboxylic acids is 7. The van der Waals surface area contributed by atoms with Gasteiger partial charge in [0.25, 0.3) is 11.8 Å². The van der Waals surface area contributed by atoms with Crippen LogP contribution in [0.2, 0.25) is 0 Å². The number of hydrogen-bond donors (Lipinski definition) is 6. The highest BCUT2D eigenvalue weighted by molar-refractivity contribution is 8.00. The number of primary amides is 2. The number of fused-ring (bicyclic) bond motifs is 2. The fraction of sp³-hybridized carbons (Fsp3) is 0.412. The van der Waals surface area contributed by atoms with Crippen molar-refractivity contribution in [3.8, 4) is 5.75 Å². The lowest BCUT2D eigenvalue weighted by Gasteiger charge is -2.18. The number of likely N-dealkylation sites (tertiary alicyclic amines) is 1. The zero-order valence-corrected chi connectivity index (χ0v) is 44.3. The number of aryl methyl sites for hydroxylation is 4. The number of imide groups is 1. The fourth-order valence-corrected chi connectivity index (χ4v) is 9.89. The van der Waals surface area contributed by atoms with Gasteiger partial charge in [-0.3, -0.25) is 63.3 Å². The molecule has 0 spiro atoms. The molecular formula is C51H63N15O10S. The number of unbranched alkanes of at least 4 members (excludes halogenated alkanes) is 2. The predicted molar refractivity (Wildman–Crippen MR) is 286 cm³/mol. The molecule has 0 radical (unpaired) electrons. The fourth-order valence-electron chi connectivity index (χ4n) is 8.78. The molecule has 6 aromatic rings. The van der Waals surface area contributed by atoms with Gasteiger partial charge in [-0.2, -0.15) is 10.2 Å². The molecule has 2 unspecified atom stereocenters. The van der Waals surface area contributed by atoms with Crippen LogP contribution in [0.5, 0.6) is 5.75 Å². The highest BCUT2D eigenvalue weighted by Gasteiger charge is 2.39. The van der Waals surface area contributed by atoms with Gasteiger partial charge in [-0.05, 0) is 89.4 Å². The zero-order valence-electron chi connectivity index (χ0n) is 43.5. The first kappa shape index (κ1) is 56.3. The Bertz CT molecular complexity index is 3280. The summed E-state index contributed by atoms with van der Waals surface area (Å²) in [5.41, 5.74) is 21.0. The lowest BCUT2D eigenvalue weighted by molar-refractivity contribution is -0.139. The van der Waals surface area contributed by atoms with Gasteiger partial charge in [-0.25, -0.2) is 9.97 Å². The first-order chi connectivity index (χ1) is 36.8. The summed E-state index contributed by atoms with van der Waals surface area (Å²) in [4.78, 5) is 114. The van der Waals surface area contributed by atoms with Gasteiger partial charge in [-0.15, -0.1) is 11.8 Å². The van der Waals surface area contributed by atoms with Gasteiger partial charge >= 0.3 is 5.97 Å². The lowest BCUT2D eigenvalue weighted by atomic mass is 10.1. The van der Waals surface area contributed by atoms with Crippen molar-refractivity contribution >= 4 is 93.0 Å². The second-order valence-electron chi connectivity index (χ2n) is 18.4. The number of carbonyl (C=O) groups is 8. The van der Waals surface area contributed by atoms with Gasteiger partial charge in [0, 0.05) is 76.0 Å². The third kappa shape index (κ3) is 13.4. The van der Waals surface area contributed by atoms with Crippen molar-refractivity contribution in [3.05, 3.63) is 88.5 Å². The second kappa shape index (κ2) is 25.0.